The van der Waals surface area contributed by atoms with Crippen molar-refractivity contribution in [2.45, 2.75) is 25.7 Å². The van der Waals surface area contributed by atoms with Crippen LogP contribution in [0.1, 0.15) is 31.2 Å². The standard InChI is InChI=1S/C11H11F3O2/c1-2-3-7(11(15)16)10-8(13)4-6(12)5-9(10)14/h4-5,7H,2-3H2,1H3,(H,15,16). The molecule has 0 bridgehead atoms. The molecule has 16 heavy (non-hydrogen) atoms. The van der Waals surface area contributed by atoms with E-state index >= 15 is 0 Å². The van der Waals surface area contributed by atoms with Crippen molar-refractivity contribution in [2.75, 3.05) is 0 Å². The molecule has 0 radical (unpaired) electrons. The third kappa shape index (κ3) is 2.53. The molecule has 0 spiro atoms. The molecule has 0 amide bonds. The van der Waals surface area contributed by atoms with Gasteiger partial charge in [-0.05, 0) is 6.42 Å². The van der Waals surface area contributed by atoms with Crippen LogP contribution < -0.4 is 0 Å². The average molecular weight is 232 g/mol. The SMILES string of the molecule is CCCC(C(=O)O)c1c(F)cc(F)cc1F. The molecule has 0 saturated carbocycles. The lowest BCUT2D eigenvalue weighted by Gasteiger charge is -2.13. The number of hydrogen-bond acceptors (Lipinski definition) is 1. The molecule has 0 aliphatic rings. The largest absolute Gasteiger partial charge is 0.481 e. The fraction of sp³-hybridized carbons (Fsp3) is 0.364. The maximum atomic E-state index is 13.3. The van der Waals surface area contributed by atoms with E-state index in [9.17, 15) is 18.0 Å². The molecule has 1 unspecified atom stereocenters. The summed E-state index contributed by atoms with van der Waals surface area (Å²) in [6.07, 6.45) is 0.571. The van der Waals surface area contributed by atoms with E-state index in [4.69, 9.17) is 5.11 Å². The van der Waals surface area contributed by atoms with E-state index in [0.717, 1.165) is 0 Å². The van der Waals surface area contributed by atoms with Gasteiger partial charge in [-0.15, -0.1) is 0 Å². The number of halogens is 3. The number of carboxylic acids is 1. The first-order valence-electron chi connectivity index (χ1n) is 4.84. The molecule has 0 fully saturated rings. The van der Waals surface area contributed by atoms with Crippen molar-refractivity contribution in [1.82, 2.24) is 0 Å². The Labute approximate surface area is 90.7 Å². The summed E-state index contributed by atoms with van der Waals surface area (Å²) in [5.41, 5.74) is -0.573. The number of aliphatic carboxylic acids is 1. The van der Waals surface area contributed by atoms with E-state index in [-0.39, 0.29) is 6.42 Å². The van der Waals surface area contributed by atoms with Crippen LogP contribution >= 0.6 is 0 Å². The van der Waals surface area contributed by atoms with Crippen LogP contribution in [-0.4, -0.2) is 11.1 Å². The van der Waals surface area contributed by atoms with Crippen molar-refractivity contribution in [3.05, 3.63) is 35.1 Å². The number of rotatable bonds is 4. The van der Waals surface area contributed by atoms with Gasteiger partial charge in [0.05, 0.1) is 5.92 Å². The van der Waals surface area contributed by atoms with Crippen LogP contribution in [0.5, 0.6) is 0 Å². The second kappa shape index (κ2) is 5.01. The molecule has 5 heteroatoms. The van der Waals surface area contributed by atoms with Crippen LogP contribution in [0.4, 0.5) is 13.2 Å². The Kier molecular flexibility index (Phi) is 3.93. The summed E-state index contributed by atoms with van der Waals surface area (Å²) in [6, 6.07) is 0.980. The molecule has 0 aromatic heterocycles. The Morgan fingerprint density at radius 2 is 1.81 bits per heavy atom. The van der Waals surface area contributed by atoms with Gasteiger partial charge in [-0.25, -0.2) is 13.2 Å². The number of hydrogen-bond donors (Lipinski definition) is 1. The molecule has 1 atom stereocenters. The Morgan fingerprint density at radius 1 is 1.31 bits per heavy atom. The molecular formula is C11H11F3O2. The van der Waals surface area contributed by atoms with Crippen molar-refractivity contribution >= 4 is 5.97 Å². The maximum Gasteiger partial charge on any atom is 0.311 e. The van der Waals surface area contributed by atoms with Crippen LogP contribution in [-0.2, 0) is 4.79 Å². The highest BCUT2D eigenvalue weighted by atomic mass is 19.1. The molecule has 1 N–H and O–H groups in total. The number of benzene rings is 1. The predicted molar refractivity (Wildman–Crippen MR) is 51.6 cm³/mol. The first-order valence-corrected chi connectivity index (χ1v) is 4.84. The van der Waals surface area contributed by atoms with E-state index in [0.29, 0.717) is 18.6 Å². The molecule has 0 aliphatic heterocycles. The summed E-state index contributed by atoms with van der Waals surface area (Å²) in [7, 11) is 0. The van der Waals surface area contributed by atoms with Gasteiger partial charge in [-0.1, -0.05) is 13.3 Å². The van der Waals surface area contributed by atoms with Crippen molar-refractivity contribution in [3.63, 3.8) is 0 Å². The predicted octanol–water partition coefficient (Wildman–Crippen LogP) is 3.07. The normalized spacial score (nSPS) is 12.5. The molecule has 0 heterocycles. The average Bonchev–Trinajstić information content (AvgIpc) is 2.14. The minimum absolute atomic E-state index is 0.106. The van der Waals surface area contributed by atoms with Crippen LogP contribution in [0, 0.1) is 17.5 Å². The molecule has 0 aliphatic carbocycles. The van der Waals surface area contributed by atoms with Crippen LogP contribution in [0.2, 0.25) is 0 Å². The summed E-state index contributed by atoms with van der Waals surface area (Å²) in [4.78, 5) is 10.9. The fourth-order valence-corrected chi connectivity index (χ4v) is 1.57. The Balaban J connectivity index is 3.23. The van der Waals surface area contributed by atoms with Crippen LogP contribution in [0.25, 0.3) is 0 Å². The summed E-state index contributed by atoms with van der Waals surface area (Å²) in [5, 5.41) is 8.85. The van der Waals surface area contributed by atoms with Gasteiger partial charge >= 0.3 is 5.97 Å². The zero-order chi connectivity index (χ0) is 12.3. The first-order chi connectivity index (χ1) is 7.47. The Morgan fingerprint density at radius 3 is 2.19 bits per heavy atom. The molecule has 2 nitrogen and oxygen atoms in total. The van der Waals surface area contributed by atoms with Crippen molar-refractivity contribution in [2.24, 2.45) is 0 Å². The van der Waals surface area contributed by atoms with Crippen molar-refractivity contribution in [3.8, 4) is 0 Å². The lowest BCUT2D eigenvalue weighted by atomic mass is 9.93. The summed E-state index contributed by atoms with van der Waals surface area (Å²) >= 11 is 0. The minimum Gasteiger partial charge on any atom is -0.481 e. The summed E-state index contributed by atoms with van der Waals surface area (Å²) in [6.45, 7) is 1.70. The van der Waals surface area contributed by atoms with Gasteiger partial charge in [0, 0.05) is 17.7 Å². The second-order valence-corrected chi connectivity index (χ2v) is 3.46. The van der Waals surface area contributed by atoms with Gasteiger partial charge in [0.1, 0.15) is 17.5 Å². The zero-order valence-electron chi connectivity index (χ0n) is 8.64. The molecule has 0 saturated heterocycles. The smallest absolute Gasteiger partial charge is 0.311 e. The lowest BCUT2D eigenvalue weighted by molar-refractivity contribution is -0.139. The highest BCUT2D eigenvalue weighted by Gasteiger charge is 2.26. The Hall–Kier alpha value is -1.52. The molecule has 1 rings (SSSR count). The van der Waals surface area contributed by atoms with E-state index in [1.807, 2.05) is 0 Å². The van der Waals surface area contributed by atoms with E-state index in [2.05, 4.69) is 0 Å². The number of carbonyl (C=O) groups is 1. The second-order valence-electron chi connectivity index (χ2n) is 3.46. The molecular weight excluding hydrogens is 221 g/mol. The Bertz CT molecular complexity index is 381. The highest BCUT2D eigenvalue weighted by Crippen LogP contribution is 2.27. The monoisotopic (exact) mass is 232 g/mol. The molecule has 1 aromatic carbocycles. The third-order valence-electron chi connectivity index (χ3n) is 2.27. The van der Waals surface area contributed by atoms with E-state index < -0.39 is 34.9 Å². The van der Waals surface area contributed by atoms with Crippen molar-refractivity contribution in [1.29, 1.82) is 0 Å². The third-order valence-corrected chi connectivity index (χ3v) is 2.27. The van der Waals surface area contributed by atoms with Crippen LogP contribution in [0.15, 0.2) is 12.1 Å². The van der Waals surface area contributed by atoms with Gasteiger partial charge in [0.2, 0.25) is 0 Å². The summed E-state index contributed by atoms with van der Waals surface area (Å²) in [5.74, 6) is -5.95. The van der Waals surface area contributed by atoms with Crippen LogP contribution in [0.3, 0.4) is 0 Å². The van der Waals surface area contributed by atoms with Gasteiger partial charge in [0.15, 0.2) is 0 Å². The minimum atomic E-state index is -1.31. The first kappa shape index (κ1) is 12.5. The van der Waals surface area contributed by atoms with Gasteiger partial charge in [0.25, 0.3) is 0 Å². The van der Waals surface area contributed by atoms with Crippen molar-refractivity contribution < 1.29 is 23.1 Å². The van der Waals surface area contributed by atoms with E-state index in [1.165, 1.54) is 0 Å². The highest BCUT2D eigenvalue weighted by molar-refractivity contribution is 5.76. The molecule has 1 aromatic rings. The van der Waals surface area contributed by atoms with Gasteiger partial charge < -0.3 is 5.11 Å². The zero-order valence-corrected chi connectivity index (χ0v) is 8.64. The fourth-order valence-electron chi connectivity index (χ4n) is 1.57. The quantitative estimate of drug-likeness (QED) is 0.866. The number of carboxylic acid groups (broad SMARTS) is 1. The topological polar surface area (TPSA) is 37.3 Å². The maximum absolute atomic E-state index is 13.3. The van der Waals surface area contributed by atoms with E-state index in [1.54, 1.807) is 6.92 Å². The molecule has 88 valence electrons. The summed E-state index contributed by atoms with van der Waals surface area (Å²) < 4.78 is 39.2. The van der Waals surface area contributed by atoms with Gasteiger partial charge in [-0.2, -0.15) is 0 Å². The lowest BCUT2D eigenvalue weighted by Crippen LogP contribution is -2.15. The van der Waals surface area contributed by atoms with Gasteiger partial charge in [-0.3, -0.25) is 4.79 Å².